The molecule has 1 aromatic carbocycles. The first-order chi connectivity index (χ1) is 15.3. The van der Waals surface area contributed by atoms with E-state index in [-0.39, 0.29) is 28.9 Å². The Morgan fingerprint density at radius 2 is 2.19 bits per heavy atom. The van der Waals surface area contributed by atoms with Crippen molar-refractivity contribution in [2.45, 2.75) is 26.8 Å². The maximum absolute atomic E-state index is 14.8. The van der Waals surface area contributed by atoms with Crippen LogP contribution >= 0.6 is 27.5 Å². The van der Waals surface area contributed by atoms with E-state index < -0.39 is 17.8 Å². The molecule has 0 bridgehead atoms. The van der Waals surface area contributed by atoms with E-state index >= 15 is 0 Å². The summed E-state index contributed by atoms with van der Waals surface area (Å²) in [4.78, 5) is 17.2. The number of carbonyl (C=O) groups is 1. The molecule has 32 heavy (non-hydrogen) atoms. The molecule has 6 nitrogen and oxygen atoms in total. The number of rotatable bonds is 4. The van der Waals surface area contributed by atoms with Gasteiger partial charge in [0.25, 0.3) is 0 Å². The number of imidazole rings is 1. The zero-order valence-electron chi connectivity index (χ0n) is 17.5. The van der Waals surface area contributed by atoms with Crippen molar-refractivity contribution in [3.8, 4) is 6.07 Å². The van der Waals surface area contributed by atoms with Crippen molar-refractivity contribution in [1.29, 1.82) is 5.26 Å². The minimum atomic E-state index is -0.640. The number of nitrogens with one attached hydrogen (secondary N) is 1. The number of fused-ring (bicyclic) bond motifs is 2. The molecule has 2 unspecified atom stereocenters. The van der Waals surface area contributed by atoms with E-state index in [1.807, 2.05) is 19.9 Å². The Hall–Kier alpha value is -2.89. The van der Waals surface area contributed by atoms with Crippen LogP contribution in [0.1, 0.15) is 43.0 Å². The zero-order valence-corrected chi connectivity index (χ0v) is 19.9. The van der Waals surface area contributed by atoms with Gasteiger partial charge in [0.1, 0.15) is 0 Å². The second-order valence-electron chi connectivity index (χ2n) is 7.43. The van der Waals surface area contributed by atoms with Crippen LogP contribution in [0.3, 0.4) is 0 Å². The molecule has 0 fully saturated rings. The highest BCUT2D eigenvalue weighted by Gasteiger charge is 2.40. The molecule has 1 aromatic heterocycles. The summed E-state index contributed by atoms with van der Waals surface area (Å²) in [5.74, 6) is -1.36. The summed E-state index contributed by atoms with van der Waals surface area (Å²) in [6.45, 7) is 5.76. The molecule has 4 rings (SSSR count). The fraction of sp³-hybridized carbons (Fsp3) is 0.261. The Bertz CT molecular complexity index is 1270. The molecule has 0 amide bonds. The van der Waals surface area contributed by atoms with Crippen molar-refractivity contribution in [1.82, 2.24) is 9.55 Å². The van der Waals surface area contributed by atoms with Gasteiger partial charge in [0.2, 0.25) is 0 Å². The van der Waals surface area contributed by atoms with Crippen LogP contribution < -0.4 is 5.32 Å². The van der Waals surface area contributed by atoms with Crippen molar-refractivity contribution in [3.05, 3.63) is 74.0 Å². The normalized spacial score (nSPS) is 19.4. The average molecular weight is 518 g/mol. The van der Waals surface area contributed by atoms with Gasteiger partial charge in [0.05, 0.1) is 35.1 Å². The van der Waals surface area contributed by atoms with Gasteiger partial charge in [0.15, 0.2) is 16.2 Å². The summed E-state index contributed by atoms with van der Waals surface area (Å²) >= 11 is 9.46. The van der Waals surface area contributed by atoms with Gasteiger partial charge in [0, 0.05) is 17.2 Å². The van der Waals surface area contributed by atoms with E-state index in [4.69, 9.17) is 16.3 Å². The van der Waals surface area contributed by atoms with Crippen LogP contribution in [0.4, 0.5) is 10.1 Å². The van der Waals surface area contributed by atoms with Crippen molar-refractivity contribution in [3.63, 3.8) is 0 Å². The predicted molar refractivity (Wildman–Crippen MR) is 123 cm³/mol. The standard InChI is InChI=1S/C23H19BrClFN4O2/c1-4-32-22(31)20-21-19(28-16-7-5-6-15(25)18(16)26)14-9-8-13(10-27)11(2)17(14)12(3)30(21)23(24)29-20/h5-9,11,19,28H,4H2,1-3H3. The lowest BCUT2D eigenvalue weighted by molar-refractivity contribution is 0.0518. The Balaban J connectivity index is 1.98. The maximum atomic E-state index is 14.8. The van der Waals surface area contributed by atoms with E-state index in [2.05, 4.69) is 32.3 Å². The number of nitrogens with zero attached hydrogens (tertiary/aromatic N) is 3. The van der Waals surface area contributed by atoms with Crippen molar-refractivity contribution in [2.24, 2.45) is 5.92 Å². The van der Waals surface area contributed by atoms with Crippen LogP contribution in [0.2, 0.25) is 5.02 Å². The second-order valence-corrected chi connectivity index (χ2v) is 8.54. The molecular weight excluding hydrogens is 499 g/mol. The van der Waals surface area contributed by atoms with E-state index in [0.717, 1.165) is 16.8 Å². The number of carbonyl (C=O) groups excluding carboxylic acids is 1. The number of nitriles is 1. The van der Waals surface area contributed by atoms with Crippen LogP contribution in [0.5, 0.6) is 0 Å². The lowest BCUT2D eigenvalue weighted by Crippen LogP contribution is -2.29. The number of halogens is 3. The number of aromatic nitrogens is 2. The van der Waals surface area contributed by atoms with Crippen molar-refractivity contribution < 1.29 is 13.9 Å². The van der Waals surface area contributed by atoms with Gasteiger partial charge in [-0.3, -0.25) is 4.57 Å². The van der Waals surface area contributed by atoms with Crippen LogP contribution in [-0.4, -0.2) is 22.1 Å². The van der Waals surface area contributed by atoms with Gasteiger partial charge in [-0.15, -0.1) is 0 Å². The molecule has 9 heteroatoms. The molecule has 1 aliphatic heterocycles. The Morgan fingerprint density at radius 1 is 1.44 bits per heavy atom. The largest absolute Gasteiger partial charge is 0.461 e. The van der Waals surface area contributed by atoms with Gasteiger partial charge in [-0.1, -0.05) is 30.7 Å². The highest BCUT2D eigenvalue weighted by Crippen LogP contribution is 2.48. The smallest absolute Gasteiger partial charge is 0.358 e. The molecule has 2 aromatic rings. The van der Waals surface area contributed by atoms with Gasteiger partial charge >= 0.3 is 5.97 Å². The van der Waals surface area contributed by atoms with Gasteiger partial charge in [-0.2, -0.15) is 5.26 Å². The highest BCUT2D eigenvalue weighted by atomic mass is 79.9. The maximum Gasteiger partial charge on any atom is 0.358 e. The molecule has 164 valence electrons. The highest BCUT2D eigenvalue weighted by molar-refractivity contribution is 9.10. The average Bonchev–Trinajstić information content (AvgIpc) is 3.11. The summed E-state index contributed by atoms with van der Waals surface area (Å²) in [7, 11) is 0. The van der Waals surface area contributed by atoms with Gasteiger partial charge in [-0.05, 0) is 59.1 Å². The number of hydrogen-bond acceptors (Lipinski definition) is 5. The quantitative estimate of drug-likeness (QED) is 0.500. The number of ether oxygens (including phenoxy) is 1. The number of allylic oxidation sites excluding steroid dienone is 4. The Morgan fingerprint density at radius 3 is 2.88 bits per heavy atom. The van der Waals surface area contributed by atoms with Crippen LogP contribution in [-0.2, 0) is 4.74 Å². The minimum absolute atomic E-state index is 0.0179. The lowest BCUT2D eigenvalue weighted by atomic mass is 9.77. The molecule has 0 radical (unpaired) electrons. The molecule has 0 saturated carbocycles. The monoisotopic (exact) mass is 516 g/mol. The molecular formula is C23H19BrClFN4O2. The summed E-state index contributed by atoms with van der Waals surface area (Å²) in [6.07, 6.45) is 3.59. The van der Waals surface area contributed by atoms with E-state index in [1.165, 1.54) is 6.07 Å². The van der Waals surface area contributed by atoms with Gasteiger partial charge < -0.3 is 10.1 Å². The van der Waals surface area contributed by atoms with E-state index in [1.54, 1.807) is 29.7 Å². The Labute approximate surface area is 198 Å². The van der Waals surface area contributed by atoms with E-state index in [0.29, 0.717) is 16.0 Å². The molecule has 1 aliphatic carbocycles. The number of hydrogen-bond donors (Lipinski definition) is 1. The molecule has 0 spiro atoms. The first-order valence-corrected chi connectivity index (χ1v) is 11.2. The van der Waals surface area contributed by atoms with Crippen molar-refractivity contribution in [2.75, 3.05) is 11.9 Å². The van der Waals surface area contributed by atoms with Crippen LogP contribution in [0, 0.1) is 23.1 Å². The van der Waals surface area contributed by atoms with Crippen LogP contribution in [0.15, 0.2) is 51.8 Å². The third-order valence-corrected chi connectivity index (χ3v) is 6.51. The SMILES string of the molecule is CCOC(=O)c1nc(Br)n2c1C(Nc1cccc(Cl)c1F)C1=CC=C(C#N)C(C)C1=C2C. The first kappa shape index (κ1) is 22.3. The number of benzene rings is 1. The third-order valence-electron chi connectivity index (χ3n) is 5.68. The number of anilines is 1. The summed E-state index contributed by atoms with van der Waals surface area (Å²) < 4.78 is 22.3. The molecule has 2 heterocycles. The molecule has 1 N–H and O–H groups in total. The van der Waals surface area contributed by atoms with Crippen molar-refractivity contribution >= 4 is 44.9 Å². The predicted octanol–water partition coefficient (Wildman–Crippen LogP) is 6.04. The molecule has 2 aliphatic rings. The third kappa shape index (κ3) is 3.46. The summed E-state index contributed by atoms with van der Waals surface area (Å²) in [5, 5.41) is 12.7. The fourth-order valence-electron chi connectivity index (χ4n) is 4.25. The minimum Gasteiger partial charge on any atom is -0.461 e. The topological polar surface area (TPSA) is 79.9 Å². The molecule has 2 atom stereocenters. The van der Waals surface area contributed by atoms with E-state index in [9.17, 15) is 14.4 Å². The van der Waals surface area contributed by atoms with Crippen LogP contribution in [0.25, 0.3) is 5.70 Å². The fourth-order valence-corrected chi connectivity index (χ4v) is 5.06. The second kappa shape index (κ2) is 8.57. The Kier molecular flexibility index (Phi) is 5.97. The zero-order chi connectivity index (χ0) is 23.2. The number of esters is 1. The summed E-state index contributed by atoms with van der Waals surface area (Å²) in [5.41, 5.74) is 3.98. The summed E-state index contributed by atoms with van der Waals surface area (Å²) in [6, 6.07) is 6.29. The lowest BCUT2D eigenvalue weighted by Gasteiger charge is -2.36. The van der Waals surface area contributed by atoms with Gasteiger partial charge in [-0.25, -0.2) is 14.2 Å². The first-order valence-electron chi connectivity index (χ1n) is 9.99. The molecule has 0 saturated heterocycles.